The molecule has 242 valence electrons. The molecule has 7 rings (SSSR count). The van der Waals surface area contributed by atoms with Gasteiger partial charge < -0.3 is 20.7 Å². The van der Waals surface area contributed by atoms with E-state index in [1.165, 1.54) is 17.1 Å². The fraction of sp³-hybridized carbons (Fsp3) is 0.324. The Kier molecular flexibility index (Phi) is 7.84. The molecule has 0 atom stereocenters. The number of fused-ring (bicyclic) bond motifs is 2. The fourth-order valence-electron chi connectivity index (χ4n) is 6.70. The number of ether oxygens (including phenoxy) is 1. The molecule has 0 aliphatic carbocycles. The Balaban J connectivity index is 1.18. The number of aromatic nitrogens is 5. The van der Waals surface area contributed by atoms with Crippen molar-refractivity contribution in [3.8, 4) is 16.8 Å². The minimum Gasteiger partial charge on any atom is -0.382 e. The van der Waals surface area contributed by atoms with Crippen LogP contribution in [0.1, 0.15) is 54.4 Å². The van der Waals surface area contributed by atoms with Crippen LogP contribution in [0.5, 0.6) is 0 Å². The molecule has 1 saturated heterocycles. The summed E-state index contributed by atoms with van der Waals surface area (Å²) in [7, 11) is 0. The molecule has 13 heteroatoms. The van der Waals surface area contributed by atoms with E-state index in [0.717, 1.165) is 18.5 Å². The highest BCUT2D eigenvalue weighted by atomic mass is 19.1. The second kappa shape index (κ2) is 12.1. The van der Waals surface area contributed by atoms with E-state index >= 15 is 4.39 Å². The van der Waals surface area contributed by atoms with Gasteiger partial charge in [-0.25, -0.2) is 18.6 Å². The van der Waals surface area contributed by atoms with E-state index in [4.69, 9.17) is 10.5 Å². The van der Waals surface area contributed by atoms with Crippen molar-refractivity contribution in [3.63, 3.8) is 0 Å². The first-order valence-corrected chi connectivity index (χ1v) is 15.7. The van der Waals surface area contributed by atoms with Gasteiger partial charge in [-0.2, -0.15) is 5.10 Å². The Morgan fingerprint density at radius 1 is 1.04 bits per heavy atom. The van der Waals surface area contributed by atoms with Gasteiger partial charge in [0.15, 0.2) is 5.82 Å². The summed E-state index contributed by atoms with van der Waals surface area (Å²) >= 11 is 0. The normalized spacial score (nSPS) is 15.3. The molecule has 12 nitrogen and oxygen atoms in total. The van der Waals surface area contributed by atoms with E-state index in [1.807, 2.05) is 43.0 Å². The third-order valence-corrected chi connectivity index (χ3v) is 9.01. The third kappa shape index (κ3) is 5.35. The van der Waals surface area contributed by atoms with Crippen LogP contribution >= 0.6 is 0 Å². The van der Waals surface area contributed by atoms with Crippen molar-refractivity contribution in [3.05, 3.63) is 94.0 Å². The first-order chi connectivity index (χ1) is 22.7. The van der Waals surface area contributed by atoms with E-state index in [9.17, 15) is 14.4 Å². The van der Waals surface area contributed by atoms with Crippen LogP contribution in [0.3, 0.4) is 0 Å². The lowest BCUT2D eigenvalue weighted by Gasteiger charge is -2.33. The van der Waals surface area contributed by atoms with Crippen molar-refractivity contribution in [1.82, 2.24) is 28.9 Å². The quantitative estimate of drug-likeness (QED) is 0.284. The molecule has 2 amide bonds. The molecule has 0 bridgehead atoms. The molecule has 2 aromatic carbocycles. The first-order valence-electron chi connectivity index (χ1n) is 15.7. The number of halogens is 1. The highest BCUT2D eigenvalue weighted by Crippen LogP contribution is 2.38. The minimum atomic E-state index is -0.650. The molecule has 0 unspecified atom stereocenters. The summed E-state index contributed by atoms with van der Waals surface area (Å²) in [5, 5.41) is 7.17. The summed E-state index contributed by atoms with van der Waals surface area (Å²) in [5.74, 6) is -0.876. The Bertz CT molecular complexity index is 2060. The van der Waals surface area contributed by atoms with Crippen LogP contribution in [0.4, 0.5) is 15.9 Å². The van der Waals surface area contributed by atoms with Crippen molar-refractivity contribution in [2.24, 2.45) is 5.92 Å². The van der Waals surface area contributed by atoms with E-state index in [-0.39, 0.29) is 47.0 Å². The predicted molar refractivity (Wildman–Crippen MR) is 174 cm³/mol. The van der Waals surface area contributed by atoms with Gasteiger partial charge in [0.25, 0.3) is 11.5 Å². The van der Waals surface area contributed by atoms with Gasteiger partial charge in [-0.3, -0.25) is 19.1 Å². The largest absolute Gasteiger partial charge is 0.382 e. The number of anilines is 2. The van der Waals surface area contributed by atoms with Crippen LogP contribution in [-0.2, 0) is 22.7 Å². The van der Waals surface area contributed by atoms with Gasteiger partial charge in [0.05, 0.1) is 31.1 Å². The average molecular weight is 639 g/mol. The number of amides is 2. The van der Waals surface area contributed by atoms with Crippen LogP contribution in [0, 0.1) is 11.7 Å². The molecule has 3 aromatic heterocycles. The Hall–Kier alpha value is -5.30. The molecule has 47 heavy (non-hydrogen) atoms. The van der Waals surface area contributed by atoms with Gasteiger partial charge in [0.1, 0.15) is 23.2 Å². The molecule has 0 radical (unpaired) electrons. The van der Waals surface area contributed by atoms with Crippen LogP contribution in [0.25, 0.3) is 22.3 Å². The summed E-state index contributed by atoms with van der Waals surface area (Å²) in [6.07, 6.45) is 2.85. The minimum absolute atomic E-state index is 0.0489. The molecular weight excluding hydrogens is 603 g/mol. The molecule has 5 heterocycles. The van der Waals surface area contributed by atoms with Crippen molar-refractivity contribution in [2.75, 3.05) is 30.7 Å². The van der Waals surface area contributed by atoms with E-state index in [0.29, 0.717) is 48.7 Å². The van der Waals surface area contributed by atoms with Crippen molar-refractivity contribution >= 4 is 28.8 Å². The Morgan fingerprint density at radius 2 is 1.81 bits per heavy atom. The smallest absolute Gasteiger partial charge is 0.284 e. The maximum absolute atomic E-state index is 15.9. The van der Waals surface area contributed by atoms with E-state index in [1.54, 1.807) is 33.5 Å². The number of nitrogens with zero attached hydrogens (tertiary/aromatic N) is 6. The van der Waals surface area contributed by atoms with E-state index < -0.39 is 17.3 Å². The van der Waals surface area contributed by atoms with Crippen LogP contribution in [0.2, 0.25) is 0 Å². The average Bonchev–Trinajstić information content (AvgIpc) is 3.61. The summed E-state index contributed by atoms with van der Waals surface area (Å²) < 4.78 is 26.5. The molecule has 3 N–H and O–H groups in total. The monoisotopic (exact) mass is 638 g/mol. The molecule has 2 aliphatic rings. The summed E-state index contributed by atoms with van der Waals surface area (Å²) in [5.41, 5.74) is 9.21. The highest BCUT2D eigenvalue weighted by Gasteiger charge is 2.30. The lowest BCUT2D eigenvalue weighted by Crippen LogP contribution is -2.40. The lowest BCUT2D eigenvalue weighted by molar-refractivity contribution is -0.135. The maximum Gasteiger partial charge on any atom is 0.284 e. The van der Waals surface area contributed by atoms with Gasteiger partial charge in [-0.15, -0.1) is 0 Å². The third-order valence-electron chi connectivity index (χ3n) is 9.01. The molecular formula is C34H35FN8O4. The number of nitrogen functional groups attached to an aromatic ring is 1. The highest BCUT2D eigenvalue weighted by molar-refractivity contribution is 6.05. The zero-order valence-electron chi connectivity index (χ0n) is 26.1. The van der Waals surface area contributed by atoms with Gasteiger partial charge in [-0.1, -0.05) is 32.0 Å². The number of hydrogen-bond acceptors (Lipinski definition) is 7. The van der Waals surface area contributed by atoms with Gasteiger partial charge in [0.2, 0.25) is 5.91 Å². The number of carbonyl (C=O) groups excluding carboxylic acids is 2. The van der Waals surface area contributed by atoms with Gasteiger partial charge in [-0.05, 0) is 49.2 Å². The first kappa shape index (κ1) is 30.4. The number of nitrogens with one attached hydrogen (secondary N) is 1. The van der Waals surface area contributed by atoms with Crippen LogP contribution in [0.15, 0.2) is 65.7 Å². The number of nitrogens with two attached hydrogens (primary N) is 1. The zero-order valence-corrected chi connectivity index (χ0v) is 26.1. The summed E-state index contributed by atoms with van der Waals surface area (Å²) in [6.45, 7) is 5.97. The number of rotatable bonds is 6. The van der Waals surface area contributed by atoms with Gasteiger partial charge in [0, 0.05) is 47.4 Å². The number of hydrogen-bond donors (Lipinski definition) is 2. The molecule has 2 aliphatic heterocycles. The van der Waals surface area contributed by atoms with Crippen molar-refractivity contribution in [2.45, 2.75) is 45.8 Å². The molecule has 1 fully saturated rings. The van der Waals surface area contributed by atoms with Crippen LogP contribution in [-0.4, -0.2) is 60.4 Å². The van der Waals surface area contributed by atoms with Gasteiger partial charge >= 0.3 is 0 Å². The zero-order chi connectivity index (χ0) is 32.8. The standard InChI is InChI=1S/C34H35FN8O4/c1-20(2)33(45)40-12-10-21(11-13-40)27-17-25(30-31(36)37-19-38-42(27)30)24-9-8-22(16-26(24)35)39-32(44)29-28-18-47-15-14-41(28)43(34(29)46)23-6-4-3-5-7-23/h3-9,16-17,19-21H,10-15,18H2,1-2H3,(H,39,44)(H2,36,37,38). The summed E-state index contributed by atoms with van der Waals surface area (Å²) in [4.78, 5) is 45.7. The van der Waals surface area contributed by atoms with Crippen LogP contribution < -0.4 is 16.6 Å². The number of carbonyl (C=O) groups is 2. The SMILES string of the molecule is CC(C)C(=O)N1CCC(c2cc(-c3ccc(NC(=O)c4c5n(n(-c6ccccc6)c4=O)CCOC5)cc3F)c3c(N)ncnn23)CC1. The molecule has 0 saturated carbocycles. The number of piperidine rings is 1. The number of para-hydroxylation sites is 1. The number of likely N-dealkylation sites (tertiary alicyclic amines) is 1. The fourth-order valence-corrected chi connectivity index (χ4v) is 6.70. The molecule has 0 spiro atoms. The Morgan fingerprint density at radius 3 is 2.53 bits per heavy atom. The maximum atomic E-state index is 15.9. The van der Waals surface area contributed by atoms with Crippen molar-refractivity contribution in [1.29, 1.82) is 0 Å². The topological polar surface area (TPSA) is 142 Å². The number of benzene rings is 2. The van der Waals surface area contributed by atoms with Crippen molar-refractivity contribution < 1.29 is 18.7 Å². The molecule has 5 aromatic rings. The Labute approximate surface area is 269 Å². The predicted octanol–water partition coefficient (Wildman–Crippen LogP) is 4.21. The second-order valence-corrected chi connectivity index (χ2v) is 12.2. The lowest BCUT2D eigenvalue weighted by atomic mass is 9.92. The second-order valence-electron chi connectivity index (χ2n) is 12.2. The summed E-state index contributed by atoms with van der Waals surface area (Å²) in [6, 6.07) is 15.4. The van der Waals surface area contributed by atoms with E-state index in [2.05, 4.69) is 15.4 Å².